The van der Waals surface area contributed by atoms with Gasteiger partial charge in [-0.2, -0.15) is 0 Å². The van der Waals surface area contributed by atoms with Gasteiger partial charge in [-0.25, -0.2) is 0 Å². The van der Waals surface area contributed by atoms with Gasteiger partial charge in [0.15, 0.2) is 0 Å². The van der Waals surface area contributed by atoms with Crippen LogP contribution in [-0.2, 0) is 16.2 Å². The van der Waals surface area contributed by atoms with Gasteiger partial charge in [0.1, 0.15) is 0 Å². The Bertz CT molecular complexity index is 7170. The third-order valence-corrected chi connectivity index (χ3v) is 24.2. The van der Waals surface area contributed by atoms with Crippen LogP contribution in [0.4, 0.5) is 34.1 Å². The lowest BCUT2D eigenvalue weighted by atomic mass is 9.33. The zero-order chi connectivity index (χ0) is 84.2. The highest BCUT2D eigenvalue weighted by molar-refractivity contribution is 7.00. The second-order valence-corrected chi connectivity index (χ2v) is 32.8. The standard InChI is InChI=1S/C111H84BN3/c1-109(2,3)83-49-31-46-79(65-83)80-62-64-101-98(67-80)112-97-63-61-81(87-54-33-57-93-90-51-25-28-58-96(90)111(105(87)93,82-47-23-12-24-48-82)84-50-32-45-78(66-84)73-35-13-7-14-36-73)68-102(97)115(108-94(76-41-19-10-20-42-76)69-85(110(4,5)6)70-95(108)77-43-21-11-22-44-77)104-72-86(113-99-59-29-26-52-91(99)92-53-27-30-60-100(92)113)71-103(106(104)112)114(101)107-88(74-37-15-8-16-38-74)55-34-56-89(107)75-39-17-9-18-40-75/h7-72H,1-6H3/i26D,27D,29D,30D,52D,53D,59D,60D. The number of benzene rings is 17. The summed E-state index contributed by atoms with van der Waals surface area (Å²) in [5, 5.41) is -0.0342. The smallest absolute Gasteiger partial charge is 0.252 e. The van der Waals surface area contributed by atoms with E-state index in [1.165, 1.54) is 11.1 Å². The second-order valence-electron chi connectivity index (χ2n) is 32.8. The molecule has 0 fully saturated rings. The van der Waals surface area contributed by atoms with Crippen LogP contribution < -0.4 is 26.2 Å². The van der Waals surface area contributed by atoms with Gasteiger partial charge in [0.2, 0.25) is 0 Å². The molecule has 17 aromatic carbocycles. The topological polar surface area (TPSA) is 11.4 Å². The molecular formula is C111H84BN3. The van der Waals surface area contributed by atoms with Crippen LogP contribution in [0.2, 0.25) is 0 Å². The van der Waals surface area contributed by atoms with E-state index in [1.54, 1.807) is 4.57 Å². The Kier molecular flexibility index (Phi) is 14.4. The van der Waals surface area contributed by atoms with Gasteiger partial charge in [-0.3, -0.25) is 0 Å². The molecule has 0 N–H and O–H groups in total. The Balaban J connectivity index is 0.978. The van der Waals surface area contributed by atoms with Gasteiger partial charge in [-0.15, -0.1) is 0 Å². The molecule has 18 aromatic rings. The lowest BCUT2D eigenvalue weighted by Crippen LogP contribution is -2.61. The number of hydrogen-bond acceptors (Lipinski definition) is 2. The zero-order valence-corrected chi connectivity index (χ0v) is 64.9. The summed E-state index contributed by atoms with van der Waals surface area (Å²) in [6, 6.07) is 124. The van der Waals surface area contributed by atoms with Gasteiger partial charge in [-0.05, 0) is 182 Å². The lowest BCUT2D eigenvalue weighted by molar-refractivity contribution is 0.590. The summed E-state index contributed by atoms with van der Waals surface area (Å²) in [5.41, 5.74) is 30.0. The molecule has 1 unspecified atom stereocenters. The zero-order valence-electron chi connectivity index (χ0n) is 72.9. The number of hydrogen-bond donors (Lipinski definition) is 0. The van der Waals surface area contributed by atoms with Crippen LogP contribution in [0.15, 0.2) is 400 Å². The average molecular weight is 1480 g/mol. The van der Waals surface area contributed by atoms with Crippen LogP contribution >= 0.6 is 0 Å². The third kappa shape index (κ3) is 11.2. The van der Waals surface area contributed by atoms with Gasteiger partial charge >= 0.3 is 0 Å². The number of anilines is 6. The fraction of sp³-hybridized carbons (Fsp3) is 0.0811. The molecule has 1 aliphatic carbocycles. The molecule has 3 aliphatic rings. The second kappa shape index (κ2) is 27.3. The molecule has 546 valence electrons. The number of fused-ring (bicyclic) bond motifs is 10. The van der Waals surface area contributed by atoms with Crippen LogP contribution in [0.1, 0.15) is 85.9 Å². The molecule has 0 amide bonds. The molecule has 1 aromatic heterocycles. The first kappa shape index (κ1) is 60.9. The molecule has 21 rings (SSSR count). The van der Waals surface area contributed by atoms with E-state index in [-0.39, 0.29) is 32.6 Å². The van der Waals surface area contributed by atoms with E-state index >= 15 is 0 Å². The molecule has 3 heterocycles. The maximum atomic E-state index is 10.3. The SMILES string of the molecule is [2H]c1c([2H])c([2H])c2c(c1[2H])c1c([2H])c([2H])c([2H])c([2H])c1n2-c1cc2c3c(c1)N(c1c(-c4ccccc4)cc(C(C)(C)C)cc1-c1ccccc1)c1cc(-c4cccc5c4C(c4ccccc4)(c4cccc(-c6ccccc6)c4)c4ccccc4-5)ccc1B3c1cc(-c3cccc(C(C)(C)C)c3)ccc1N2c1c(-c2ccccc2)cccc1-c1ccccc1. The predicted octanol–water partition coefficient (Wildman–Crippen LogP) is 27.5. The van der Waals surface area contributed by atoms with E-state index in [4.69, 9.17) is 0 Å². The highest BCUT2D eigenvalue weighted by atomic mass is 15.2. The summed E-state index contributed by atoms with van der Waals surface area (Å²) >= 11 is 0. The van der Waals surface area contributed by atoms with Crippen LogP contribution in [0.3, 0.4) is 0 Å². The van der Waals surface area contributed by atoms with Crippen molar-refractivity contribution in [1.29, 1.82) is 0 Å². The summed E-state index contributed by atoms with van der Waals surface area (Å²) < 4.78 is 80.4. The van der Waals surface area contributed by atoms with Crippen molar-refractivity contribution in [2.24, 2.45) is 0 Å². The van der Waals surface area contributed by atoms with Crippen molar-refractivity contribution >= 4 is 79.0 Å². The maximum Gasteiger partial charge on any atom is 0.252 e. The van der Waals surface area contributed by atoms with Gasteiger partial charge in [0.05, 0.1) is 44.5 Å². The van der Waals surface area contributed by atoms with Gasteiger partial charge in [-0.1, -0.05) is 387 Å². The predicted molar refractivity (Wildman–Crippen MR) is 488 cm³/mol. The third-order valence-electron chi connectivity index (χ3n) is 24.2. The van der Waals surface area contributed by atoms with E-state index in [2.05, 4.69) is 391 Å². The highest BCUT2D eigenvalue weighted by Gasteiger charge is 2.50. The van der Waals surface area contributed by atoms with Crippen molar-refractivity contribution in [2.75, 3.05) is 9.80 Å². The first-order valence-electron chi connectivity index (χ1n) is 43.8. The summed E-state index contributed by atoms with van der Waals surface area (Å²) in [4.78, 5) is 4.93. The van der Waals surface area contributed by atoms with Crippen molar-refractivity contribution in [2.45, 2.75) is 57.8 Å². The van der Waals surface area contributed by atoms with Crippen molar-refractivity contribution in [1.82, 2.24) is 4.57 Å². The van der Waals surface area contributed by atoms with E-state index < -0.39 is 60.5 Å². The number of para-hydroxylation sites is 3. The number of aromatic nitrogens is 1. The largest absolute Gasteiger partial charge is 0.310 e. The molecule has 115 heavy (non-hydrogen) atoms. The van der Waals surface area contributed by atoms with Gasteiger partial charge in [0.25, 0.3) is 6.71 Å². The first-order chi connectivity index (χ1) is 59.7. The minimum absolute atomic E-state index is 0.0101. The number of nitrogens with zero attached hydrogens (tertiary/aromatic N) is 3. The molecule has 2 aliphatic heterocycles. The first-order valence-corrected chi connectivity index (χ1v) is 39.8. The minimum Gasteiger partial charge on any atom is -0.310 e. The molecular weight excluding hydrogens is 1390 g/mol. The maximum absolute atomic E-state index is 10.3. The quantitative estimate of drug-likeness (QED) is 0.113. The van der Waals surface area contributed by atoms with Crippen molar-refractivity contribution in [3.63, 3.8) is 0 Å². The fourth-order valence-electron chi connectivity index (χ4n) is 18.9. The van der Waals surface area contributed by atoms with E-state index in [1.807, 2.05) is 12.1 Å². The Morgan fingerprint density at radius 1 is 0.287 bits per heavy atom. The average Bonchev–Trinajstić information content (AvgIpc) is 1.67. The van der Waals surface area contributed by atoms with Gasteiger partial charge < -0.3 is 14.4 Å². The van der Waals surface area contributed by atoms with Crippen LogP contribution in [0.5, 0.6) is 0 Å². The minimum atomic E-state index is -0.877. The molecule has 1 atom stereocenters. The van der Waals surface area contributed by atoms with Crippen LogP contribution in [0.25, 0.3) is 117 Å². The van der Waals surface area contributed by atoms with E-state index in [0.29, 0.717) is 5.69 Å². The lowest BCUT2D eigenvalue weighted by Gasteiger charge is -2.46. The molecule has 0 spiro atoms. The molecule has 4 heteroatoms. The Morgan fingerprint density at radius 2 is 0.722 bits per heavy atom. The Morgan fingerprint density at radius 3 is 1.30 bits per heavy atom. The Hall–Kier alpha value is -13.8. The Labute approximate surface area is 686 Å². The normalized spacial score (nSPS) is 15.0. The fourth-order valence-corrected chi connectivity index (χ4v) is 18.9. The van der Waals surface area contributed by atoms with Crippen molar-refractivity contribution in [3.05, 3.63) is 434 Å². The molecule has 0 saturated heterocycles. The summed E-state index contributed by atoms with van der Waals surface area (Å²) in [7, 11) is 0. The highest BCUT2D eigenvalue weighted by Crippen LogP contribution is 2.61. The van der Waals surface area contributed by atoms with E-state index in [0.717, 1.165) is 162 Å². The monoisotopic (exact) mass is 1480 g/mol. The summed E-state index contributed by atoms with van der Waals surface area (Å²) in [5.74, 6) is 0. The van der Waals surface area contributed by atoms with Crippen molar-refractivity contribution < 1.29 is 11.0 Å². The molecule has 0 radical (unpaired) electrons. The molecule has 0 saturated carbocycles. The number of rotatable bonds is 12. The molecule has 0 bridgehead atoms. The molecule has 3 nitrogen and oxygen atoms in total. The summed E-state index contributed by atoms with van der Waals surface area (Å²) in [6.07, 6.45) is 0. The van der Waals surface area contributed by atoms with E-state index in [9.17, 15) is 11.0 Å². The van der Waals surface area contributed by atoms with Crippen LogP contribution in [-0.4, -0.2) is 11.3 Å². The van der Waals surface area contributed by atoms with Crippen LogP contribution in [0, 0.1) is 0 Å². The van der Waals surface area contributed by atoms with Gasteiger partial charge in [0, 0.05) is 55.8 Å². The summed E-state index contributed by atoms with van der Waals surface area (Å²) in [6.45, 7) is 13.0. The van der Waals surface area contributed by atoms with Crippen molar-refractivity contribution in [3.8, 4) is 94.7 Å².